The average molecular weight is 429 g/mol. The summed E-state index contributed by atoms with van der Waals surface area (Å²) in [7, 11) is -3.96. The van der Waals surface area contributed by atoms with Crippen molar-refractivity contribution in [3.8, 4) is 0 Å². The SMILES string of the molecule is Cc1cc(C)c(NC(=O)c2ccc(Cl)c(S(=O)(=O)Nc3ccccc3)c2)c(C)c1. The molecule has 1 amide bonds. The number of rotatable bonds is 5. The number of carbonyl (C=O) groups excluding carboxylic acids is 1. The van der Waals surface area contributed by atoms with Crippen molar-refractivity contribution < 1.29 is 13.2 Å². The van der Waals surface area contributed by atoms with Crippen LogP contribution in [0.5, 0.6) is 0 Å². The first-order valence-corrected chi connectivity index (χ1v) is 10.8. The Bertz CT molecular complexity index is 1150. The molecule has 0 heterocycles. The zero-order valence-corrected chi connectivity index (χ0v) is 17.9. The fraction of sp³-hybridized carbons (Fsp3) is 0.136. The highest BCUT2D eigenvalue weighted by Gasteiger charge is 2.21. The molecular formula is C22H21ClN2O3S. The van der Waals surface area contributed by atoms with Crippen LogP contribution in [0.3, 0.4) is 0 Å². The third kappa shape index (κ3) is 4.78. The van der Waals surface area contributed by atoms with Gasteiger partial charge in [-0.1, -0.05) is 47.5 Å². The fourth-order valence-electron chi connectivity index (χ4n) is 3.13. The van der Waals surface area contributed by atoms with E-state index in [1.807, 2.05) is 32.9 Å². The van der Waals surface area contributed by atoms with Crippen LogP contribution in [0.4, 0.5) is 11.4 Å². The lowest BCUT2D eigenvalue weighted by atomic mass is 10.0. The van der Waals surface area contributed by atoms with Gasteiger partial charge >= 0.3 is 0 Å². The van der Waals surface area contributed by atoms with Crippen LogP contribution < -0.4 is 10.0 Å². The molecule has 5 nitrogen and oxygen atoms in total. The van der Waals surface area contributed by atoms with Gasteiger partial charge in [-0.05, 0) is 62.2 Å². The predicted molar refractivity (Wildman–Crippen MR) is 117 cm³/mol. The van der Waals surface area contributed by atoms with Crippen LogP contribution in [0.2, 0.25) is 5.02 Å². The molecule has 0 aliphatic heterocycles. The topological polar surface area (TPSA) is 75.3 Å². The average Bonchev–Trinajstić information content (AvgIpc) is 2.65. The van der Waals surface area contributed by atoms with Gasteiger partial charge in [0, 0.05) is 16.9 Å². The zero-order valence-electron chi connectivity index (χ0n) is 16.3. The summed E-state index contributed by atoms with van der Waals surface area (Å²) in [5.74, 6) is -0.409. The number of aryl methyl sites for hydroxylation is 3. The molecule has 0 saturated carbocycles. The largest absolute Gasteiger partial charge is 0.322 e. The number of amides is 1. The van der Waals surface area contributed by atoms with Gasteiger partial charge in [0.05, 0.1) is 5.02 Å². The van der Waals surface area contributed by atoms with Crippen molar-refractivity contribution in [2.75, 3.05) is 10.0 Å². The molecule has 150 valence electrons. The van der Waals surface area contributed by atoms with Gasteiger partial charge in [0.25, 0.3) is 15.9 Å². The summed E-state index contributed by atoms with van der Waals surface area (Å²) in [5, 5.41) is 2.91. The maximum Gasteiger partial charge on any atom is 0.263 e. The maximum absolute atomic E-state index is 12.8. The van der Waals surface area contributed by atoms with Crippen LogP contribution in [0.25, 0.3) is 0 Å². The molecule has 0 fully saturated rings. The highest BCUT2D eigenvalue weighted by molar-refractivity contribution is 7.92. The van der Waals surface area contributed by atoms with Crippen LogP contribution in [-0.2, 0) is 10.0 Å². The second-order valence-electron chi connectivity index (χ2n) is 6.84. The number of anilines is 2. The van der Waals surface area contributed by atoms with Crippen molar-refractivity contribution in [1.29, 1.82) is 0 Å². The first-order chi connectivity index (χ1) is 13.7. The molecule has 29 heavy (non-hydrogen) atoms. The molecule has 0 aliphatic carbocycles. The van der Waals surface area contributed by atoms with E-state index in [2.05, 4.69) is 10.0 Å². The summed E-state index contributed by atoms with van der Waals surface area (Å²) in [6.45, 7) is 5.82. The second-order valence-corrected chi connectivity index (χ2v) is 8.90. The van der Waals surface area contributed by atoms with Crippen molar-refractivity contribution >= 4 is 38.9 Å². The van der Waals surface area contributed by atoms with Crippen LogP contribution in [0.15, 0.2) is 65.6 Å². The molecule has 3 rings (SSSR count). The Balaban J connectivity index is 1.92. The quantitative estimate of drug-likeness (QED) is 0.577. The molecule has 3 aromatic rings. The molecule has 0 atom stereocenters. The summed E-state index contributed by atoms with van der Waals surface area (Å²) >= 11 is 6.13. The lowest BCUT2D eigenvalue weighted by Gasteiger charge is -2.14. The Morgan fingerprint density at radius 2 is 1.52 bits per heavy atom. The second kappa shape index (κ2) is 8.27. The lowest BCUT2D eigenvalue weighted by molar-refractivity contribution is 0.102. The monoisotopic (exact) mass is 428 g/mol. The number of carbonyl (C=O) groups is 1. The highest BCUT2D eigenvalue weighted by Crippen LogP contribution is 2.27. The van der Waals surface area contributed by atoms with Crippen molar-refractivity contribution in [2.24, 2.45) is 0 Å². The van der Waals surface area contributed by atoms with Crippen molar-refractivity contribution in [3.63, 3.8) is 0 Å². The first-order valence-electron chi connectivity index (χ1n) is 8.94. The minimum Gasteiger partial charge on any atom is -0.322 e. The van der Waals surface area contributed by atoms with Gasteiger partial charge in [0.2, 0.25) is 0 Å². The highest BCUT2D eigenvalue weighted by atomic mass is 35.5. The summed E-state index contributed by atoms with van der Waals surface area (Å²) in [6, 6.07) is 16.6. The van der Waals surface area contributed by atoms with E-state index in [1.54, 1.807) is 30.3 Å². The van der Waals surface area contributed by atoms with Crippen molar-refractivity contribution in [3.05, 3.63) is 87.9 Å². The number of hydrogen-bond acceptors (Lipinski definition) is 3. The molecule has 0 radical (unpaired) electrons. The Hall–Kier alpha value is -2.83. The van der Waals surface area contributed by atoms with E-state index in [0.29, 0.717) is 11.4 Å². The van der Waals surface area contributed by atoms with E-state index in [1.165, 1.54) is 18.2 Å². The number of sulfonamides is 1. The fourth-order valence-corrected chi connectivity index (χ4v) is 4.72. The van der Waals surface area contributed by atoms with E-state index in [0.717, 1.165) is 16.7 Å². The Labute approximate surface area is 175 Å². The summed E-state index contributed by atoms with van der Waals surface area (Å²) in [4.78, 5) is 12.6. The van der Waals surface area contributed by atoms with Gasteiger partial charge < -0.3 is 5.32 Å². The smallest absolute Gasteiger partial charge is 0.263 e. The zero-order chi connectivity index (χ0) is 21.2. The van der Waals surface area contributed by atoms with Crippen LogP contribution in [0, 0.1) is 20.8 Å². The van der Waals surface area contributed by atoms with Crippen LogP contribution in [-0.4, -0.2) is 14.3 Å². The third-order valence-electron chi connectivity index (χ3n) is 4.42. The summed E-state index contributed by atoms with van der Waals surface area (Å²) in [6.07, 6.45) is 0. The molecule has 2 N–H and O–H groups in total. The minimum atomic E-state index is -3.96. The molecule has 0 saturated heterocycles. The molecule has 0 unspecified atom stereocenters. The van der Waals surface area contributed by atoms with Gasteiger partial charge in [-0.25, -0.2) is 8.42 Å². The predicted octanol–water partition coefficient (Wildman–Crippen LogP) is 5.32. The number of nitrogens with one attached hydrogen (secondary N) is 2. The van der Waals surface area contributed by atoms with Gasteiger partial charge in [-0.2, -0.15) is 0 Å². The van der Waals surface area contributed by atoms with Gasteiger partial charge in [0.1, 0.15) is 4.90 Å². The molecule has 7 heteroatoms. The Morgan fingerprint density at radius 1 is 0.897 bits per heavy atom. The van der Waals surface area contributed by atoms with E-state index in [4.69, 9.17) is 11.6 Å². The normalized spacial score (nSPS) is 11.2. The molecule has 0 aromatic heterocycles. The van der Waals surface area contributed by atoms with Gasteiger partial charge in [-0.15, -0.1) is 0 Å². The maximum atomic E-state index is 12.8. The van der Waals surface area contributed by atoms with E-state index >= 15 is 0 Å². The van der Waals surface area contributed by atoms with E-state index < -0.39 is 15.9 Å². The number of hydrogen-bond donors (Lipinski definition) is 2. The number of para-hydroxylation sites is 1. The van der Waals surface area contributed by atoms with Crippen LogP contribution in [0.1, 0.15) is 27.0 Å². The summed E-state index contributed by atoms with van der Waals surface area (Å²) < 4.78 is 28.0. The van der Waals surface area contributed by atoms with Crippen molar-refractivity contribution in [1.82, 2.24) is 0 Å². The Morgan fingerprint density at radius 3 is 2.14 bits per heavy atom. The lowest BCUT2D eigenvalue weighted by Crippen LogP contribution is -2.17. The Kier molecular flexibility index (Phi) is 5.96. The van der Waals surface area contributed by atoms with Crippen molar-refractivity contribution in [2.45, 2.75) is 25.7 Å². The molecular weight excluding hydrogens is 408 g/mol. The van der Waals surface area contributed by atoms with E-state index in [9.17, 15) is 13.2 Å². The first kappa shape index (κ1) is 20.9. The summed E-state index contributed by atoms with van der Waals surface area (Å²) in [5.41, 5.74) is 4.28. The van der Waals surface area contributed by atoms with Crippen LogP contribution >= 0.6 is 11.6 Å². The molecule has 0 bridgehead atoms. The molecule has 3 aromatic carbocycles. The standard InChI is InChI=1S/C22H21ClN2O3S/c1-14-11-15(2)21(16(3)12-14)24-22(26)17-9-10-19(23)20(13-17)29(27,28)25-18-7-5-4-6-8-18/h4-13,25H,1-3H3,(H,24,26). The van der Waals surface area contributed by atoms with Gasteiger partial charge in [-0.3, -0.25) is 9.52 Å². The number of halogens is 1. The molecule has 0 spiro atoms. The van der Waals surface area contributed by atoms with Gasteiger partial charge in [0.15, 0.2) is 0 Å². The molecule has 0 aliphatic rings. The van der Waals surface area contributed by atoms with E-state index in [-0.39, 0.29) is 15.5 Å². The number of benzene rings is 3. The minimum absolute atomic E-state index is 0.0349. The third-order valence-corrected chi connectivity index (χ3v) is 6.29.